The van der Waals surface area contributed by atoms with Crippen LogP contribution in [0.15, 0.2) is 182 Å². The van der Waals surface area contributed by atoms with E-state index in [1.807, 2.05) is 40.1 Å². The Morgan fingerprint density at radius 1 is 0.263 bits per heavy atom. The summed E-state index contributed by atoms with van der Waals surface area (Å²) in [5.74, 6) is 0.708. The van der Waals surface area contributed by atoms with E-state index in [4.69, 9.17) is 9.97 Å². The van der Waals surface area contributed by atoms with Crippen LogP contribution in [0.2, 0.25) is 0 Å². The molecule has 0 aliphatic heterocycles. The molecule has 0 bridgehead atoms. The first-order chi connectivity index (χ1) is 28.2. The fourth-order valence-corrected chi connectivity index (χ4v) is 11.6. The Kier molecular flexibility index (Phi) is 7.48. The van der Waals surface area contributed by atoms with Crippen molar-refractivity contribution in [3.8, 4) is 56.2 Å². The monoisotopic (exact) mass is 778 g/mol. The van der Waals surface area contributed by atoms with Crippen molar-refractivity contribution >= 4 is 94.5 Å². The van der Waals surface area contributed by atoms with Crippen LogP contribution in [-0.2, 0) is 0 Å². The number of hydrogen-bond donors (Lipinski definition) is 0. The average molecular weight is 779 g/mol. The highest BCUT2D eigenvalue weighted by molar-refractivity contribution is 7.26. The number of aromatic nitrogens is 2. The lowest BCUT2D eigenvalue weighted by molar-refractivity contribution is 1.18. The molecule has 4 heterocycles. The van der Waals surface area contributed by atoms with Crippen LogP contribution in [-0.4, -0.2) is 9.97 Å². The van der Waals surface area contributed by atoms with Crippen molar-refractivity contribution in [1.82, 2.24) is 9.97 Å². The molecule has 12 aromatic rings. The first kappa shape index (κ1) is 32.7. The molecule has 0 radical (unpaired) electrons. The minimum atomic E-state index is 0.708. The minimum Gasteiger partial charge on any atom is -0.228 e. The van der Waals surface area contributed by atoms with Crippen LogP contribution in [0.5, 0.6) is 0 Å². The standard InChI is InChI=1S/C52H30N2S3/c1-2-10-31(11-3-1)52-53-44(35-21-25-51-43(29-35)39-14-6-9-17-48(39)57-51)30-45(54-52)40-26-32(33-19-23-49-41(27-33)37-12-4-7-15-46(37)55-49)18-22-36(40)34-20-24-50-42(28-34)38-13-5-8-16-47(38)56-50/h1-30H. The van der Waals surface area contributed by atoms with Crippen LogP contribution in [0, 0.1) is 0 Å². The van der Waals surface area contributed by atoms with Gasteiger partial charge < -0.3 is 0 Å². The molecule has 12 rings (SSSR count). The van der Waals surface area contributed by atoms with Gasteiger partial charge in [0.25, 0.3) is 0 Å². The van der Waals surface area contributed by atoms with E-state index in [9.17, 15) is 0 Å². The summed E-state index contributed by atoms with van der Waals surface area (Å²) in [7, 11) is 0. The predicted octanol–water partition coefficient (Wildman–Crippen LogP) is 15.9. The topological polar surface area (TPSA) is 25.8 Å². The van der Waals surface area contributed by atoms with Gasteiger partial charge in [-0.3, -0.25) is 0 Å². The van der Waals surface area contributed by atoms with Crippen molar-refractivity contribution in [2.45, 2.75) is 0 Å². The molecule has 0 aliphatic rings. The van der Waals surface area contributed by atoms with Gasteiger partial charge in [0.2, 0.25) is 0 Å². The summed E-state index contributed by atoms with van der Waals surface area (Å²) >= 11 is 5.54. The van der Waals surface area contributed by atoms with Crippen LogP contribution in [0.4, 0.5) is 0 Å². The average Bonchev–Trinajstić information content (AvgIpc) is 3.97. The van der Waals surface area contributed by atoms with Crippen LogP contribution >= 0.6 is 34.0 Å². The van der Waals surface area contributed by atoms with Crippen molar-refractivity contribution in [1.29, 1.82) is 0 Å². The Hall–Kier alpha value is -6.50. The maximum Gasteiger partial charge on any atom is 0.160 e. The van der Waals surface area contributed by atoms with Gasteiger partial charge in [0.1, 0.15) is 0 Å². The Morgan fingerprint density at radius 3 is 1.32 bits per heavy atom. The van der Waals surface area contributed by atoms with Crippen molar-refractivity contribution < 1.29 is 0 Å². The Morgan fingerprint density at radius 2 is 0.702 bits per heavy atom. The zero-order chi connectivity index (χ0) is 37.5. The van der Waals surface area contributed by atoms with Gasteiger partial charge in [-0.1, -0.05) is 115 Å². The molecule has 0 N–H and O–H groups in total. The van der Waals surface area contributed by atoms with Gasteiger partial charge in [-0.15, -0.1) is 34.0 Å². The van der Waals surface area contributed by atoms with E-state index in [0.717, 1.165) is 39.2 Å². The highest BCUT2D eigenvalue weighted by atomic mass is 32.1. The molecule has 0 fully saturated rings. The summed E-state index contributed by atoms with van der Waals surface area (Å²) in [6.45, 7) is 0. The Bertz CT molecular complexity index is 3540. The normalized spacial score (nSPS) is 11.9. The summed E-state index contributed by atoms with van der Waals surface area (Å²) in [6, 6.07) is 66.2. The molecule has 4 aromatic heterocycles. The van der Waals surface area contributed by atoms with Gasteiger partial charge in [0.05, 0.1) is 11.4 Å². The van der Waals surface area contributed by atoms with Gasteiger partial charge in [0.15, 0.2) is 5.82 Å². The van der Waals surface area contributed by atoms with Crippen molar-refractivity contribution in [2.24, 2.45) is 0 Å². The fraction of sp³-hybridized carbons (Fsp3) is 0. The zero-order valence-corrected chi connectivity index (χ0v) is 32.9. The van der Waals surface area contributed by atoms with Crippen molar-refractivity contribution in [3.63, 3.8) is 0 Å². The largest absolute Gasteiger partial charge is 0.228 e. The molecule has 266 valence electrons. The maximum atomic E-state index is 5.40. The molecule has 8 aromatic carbocycles. The molecule has 57 heavy (non-hydrogen) atoms. The van der Waals surface area contributed by atoms with Gasteiger partial charge in [-0.2, -0.15) is 0 Å². The van der Waals surface area contributed by atoms with Gasteiger partial charge in [-0.05, 0) is 89.0 Å². The second-order valence-corrected chi connectivity index (χ2v) is 17.8. The summed E-state index contributed by atoms with van der Waals surface area (Å²) in [6.07, 6.45) is 0. The van der Waals surface area contributed by atoms with E-state index in [1.165, 1.54) is 71.6 Å². The quantitative estimate of drug-likeness (QED) is 0.174. The molecule has 2 nitrogen and oxygen atoms in total. The maximum absolute atomic E-state index is 5.40. The summed E-state index contributed by atoms with van der Waals surface area (Å²) in [5, 5.41) is 7.70. The van der Waals surface area contributed by atoms with E-state index in [2.05, 4.69) is 176 Å². The number of rotatable bonds is 5. The summed E-state index contributed by atoms with van der Waals surface area (Å²) in [5.41, 5.74) is 9.57. The number of benzene rings is 8. The van der Waals surface area contributed by atoms with Crippen LogP contribution < -0.4 is 0 Å². The van der Waals surface area contributed by atoms with Crippen LogP contribution in [0.25, 0.3) is 117 Å². The van der Waals surface area contributed by atoms with Crippen LogP contribution in [0.3, 0.4) is 0 Å². The lowest BCUT2D eigenvalue weighted by Gasteiger charge is -2.15. The lowest BCUT2D eigenvalue weighted by Crippen LogP contribution is -1.97. The van der Waals surface area contributed by atoms with E-state index in [-0.39, 0.29) is 0 Å². The van der Waals surface area contributed by atoms with Crippen molar-refractivity contribution in [2.75, 3.05) is 0 Å². The van der Waals surface area contributed by atoms with E-state index >= 15 is 0 Å². The molecule has 0 unspecified atom stereocenters. The Balaban J connectivity index is 1.10. The first-order valence-corrected chi connectivity index (χ1v) is 21.5. The van der Waals surface area contributed by atoms with Crippen LogP contribution in [0.1, 0.15) is 0 Å². The molecular weight excluding hydrogens is 749 g/mol. The van der Waals surface area contributed by atoms with E-state index in [0.29, 0.717) is 5.82 Å². The molecule has 0 saturated carbocycles. The second-order valence-electron chi connectivity index (χ2n) is 14.5. The molecule has 0 aliphatic carbocycles. The highest BCUT2D eigenvalue weighted by Crippen LogP contribution is 2.43. The highest BCUT2D eigenvalue weighted by Gasteiger charge is 2.18. The third-order valence-corrected chi connectivity index (χ3v) is 14.6. The van der Waals surface area contributed by atoms with Gasteiger partial charge in [0, 0.05) is 77.2 Å². The molecular formula is C52H30N2S3. The third-order valence-electron chi connectivity index (χ3n) is 11.1. The van der Waals surface area contributed by atoms with E-state index < -0.39 is 0 Å². The minimum absolute atomic E-state index is 0.708. The summed E-state index contributed by atoms with van der Waals surface area (Å²) < 4.78 is 7.79. The zero-order valence-electron chi connectivity index (χ0n) is 30.4. The summed E-state index contributed by atoms with van der Waals surface area (Å²) in [4.78, 5) is 10.7. The molecule has 5 heteroatoms. The molecule has 0 amide bonds. The fourth-order valence-electron chi connectivity index (χ4n) is 8.32. The molecule has 0 saturated heterocycles. The molecule has 0 atom stereocenters. The number of thiophene rings is 3. The van der Waals surface area contributed by atoms with Gasteiger partial charge >= 0.3 is 0 Å². The number of fused-ring (bicyclic) bond motifs is 9. The number of nitrogens with zero attached hydrogens (tertiary/aromatic N) is 2. The molecule has 0 spiro atoms. The third kappa shape index (κ3) is 5.50. The predicted molar refractivity (Wildman–Crippen MR) is 248 cm³/mol. The SMILES string of the molecule is c1ccc(-c2nc(-c3ccc4sc5ccccc5c4c3)cc(-c3cc(-c4ccc5sc6ccccc6c5c4)ccc3-c3ccc4sc5ccccc5c4c3)n2)cc1. The lowest BCUT2D eigenvalue weighted by atomic mass is 9.91. The first-order valence-electron chi connectivity index (χ1n) is 19.0. The van der Waals surface area contributed by atoms with Gasteiger partial charge in [-0.25, -0.2) is 9.97 Å². The number of hydrogen-bond acceptors (Lipinski definition) is 5. The second kappa shape index (κ2) is 13.0. The Labute approximate surface area is 340 Å². The van der Waals surface area contributed by atoms with Crippen molar-refractivity contribution in [3.05, 3.63) is 182 Å². The van der Waals surface area contributed by atoms with E-state index in [1.54, 1.807) is 0 Å². The smallest absolute Gasteiger partial charge is 0.160 e.